The van der Waals surface area contributed by atoms with Gasteiger partial charge >= 0.3 is 5.97 Å². The molecular weight excluding hydrogens is 192 g/mol. The van der Waals surface area contributed by atoms with Gasteiger partial charge in [0.2, 0.25) is 0 Å². The van der Waals surface area contributed by atoms with Crippen LogP contribution in [-0.2, 0) is 14.6 Å². The minimum atomic E-state index is -3.23. The summed E-state index contributed by atoms with van der Waals surface area (Å²) >= 11 is 0. The van der Waals surface area contributed by atoms with Gasteiger partial charge in [0.25, 0.3) is 0 Å². The van der Waals surface area contributed by atoms with E-state index in [4.69, 9.17) is 5.11 Å². The third-order valence-corrected chi connectivity index (χ3v) is 2.75. The van der Waals surface area contributed by atoms with Crippen molar-refractivity contribution in [3.8, 4) is 0 Å². The van der Waals surface area contributed by atoms with Gasteiger partial charge in [0.1, 0.15) is 9.84 Å². The molecule has 0 aliphatic heterocycles. The van der Waals surface area contributed by atoms with Gasteiger partial charge < -0.3 is 5.11 Å². The molecule has 13 heavy (non-hydrogen) atoms. The Kier molecular flexibility index (Phi) is 3.49. The van der Waals surface area contributed by atoms with Crippen LogP contribution in [0.2, 0.25) is 0 Å². The van der Waals surface area contributed by atoms with E-state index in [-0.39, 0.29) is 5.75 Å². The van der Waals surface area contributed by atoms with Crippen LogP contribution in [0, 0.1) is 11.3 Å². The first-order chi connectivity index (χ1) is 5.54. The molecular formula is C8H16O4S. The first-order valence-electron chi connectivity index (χ1n) is 3.94. The second-order valence-electron chi connectivity index (χ2n) is 4.35. The van der Waals surface area contributed by atoms with Gasteiger partial charge in [-0.1, -0.05) is 20.8 Å². The Bertz CT molecular complexity index is 284. The number of rotatable bonds is 3. The predicted octanol–water partition coefficient (Wildman–Crippen LogP) is 0.778. The Balaban J connectivity index is 4.77. The molecule has 0 aromatic carbocycles. The number of carboxylic acid groups (broad SMARTS) is 1. The first-order valence-corrected chi connectivity index (χ1v) is 6.00. The van der Waals surface area contributed by atoms with E-state index in [1.165, 1.54) is 0 Å². The van der Waals surface area contributed by atoms with Gasteiger partial charge in [0.05, 0.1) is 11.7 Å². The van der Waals surface area contributed by atoms with E-state index < -0.39 is 27.1 Å². The lowest BCUT2D eigenvalue weighted by Gasteiger charge is -2.26. The van der Waals surface area contributed by atoms with Gasteiger partial charge in [-0.05, 0) is 5.41 Å². The third-order valence-electron chi connectivity index (χ3n) is 1.81. The number of hydrogen-bond donors (Lipinski definition) is 1. The summed E-state index contributed by atoms with van der Waals surface area (Å²) in [5, 5.41) is 8.81. The van der Waals surface area contributed by atoms with Crippen LogP contribution in [0.3, 0.4) is 0 Å². The minimum absolute atomic E-state index is 0.300. The zero-order valence-electron chi connectivity index (χ0n) is 8.36. The molecule has 0 amide bonds. The zero-order valence-corrected chi connectivity index (χ0v) is 9.18. The maximum absolute atomic E-state index is 10.9. The van der Waals surface area contributed by atoms with Crippen LogP contribution in [0.1, 0.15) is 20.8 Å². The maximum atomic E-state index is 10.9. The molecule has 0 rings (SSSR count). The van der Waals surface area contributed by atoms with Crippen LogP contribution in [0.5, 0.6) is 0 Å². The molecule has 0 aromatic rings. The summed E-state index contributed by atoms with van der Waals surface area (Å²) in [7, 11) is -3.23. The summed E-state index contributed by atoms with van der Waals surface area (Å²) in [6, 6.07) is 0. The summed E-state index contributed by atoms with van der Waals surface area (Å²) in [6.45, 7) is 5.16. The van der Waals surface area contributed by atoms with Crippen molar-refractivity contribution in [1.82, 2.24) is 0 Å². The second kappa shape index (κ2) is 3.65. The van der Waals surface area contributed by atoms with E-state index in [2.05, 4.69) is 0 Å². The average Bonchev–Trinajstić information content (AvgIpc) is 1.77. The summed E-state index contributed by atoms with van der Waals surface area (Å²) in [6.07, 6.45) is 1.05. The Morgan fingerprint density at radius 2 is 1.77 bits per heavy atom. The van der Waals surface area contributed by atoms with Crippen molar-refractivity contribution in [3.05, 3.63) is 0 Å². The van der Waals surface area contributed by atoms with Gasteiger partial charge in [0, 0.05) is 6.26 Å². The summed E-state index contributed by atoms with van der Waals surface area (Å²) in [4.78, 5) is 10.8. The van der Waals surface area contributed by atoms with Crippen molar-refractivity contribution >= 4 is 15.8 Å². The van der Waals surface area contributed by atoms with Gasteiger partial charge in [-0.25, -0.2) is 8.42 Å². The molecule has 1 N–H and O–H groups in total. The van der Waals surface area contributed by atoms with Crippen LogP contribution in [0.15, 0.2) is 0 Å². The van der Waals surface area contributed by atoms with Crippen molar-refractivity contribution < 1.29 is 18.3 Å². The quantitative estimate of drug-likeness (QED) is 0.744. The van der Waals surface area contributed by atoms with Crippen LogP contribution in [-0.4, -0.2) is 31.5 Å². The monoisotopic (exact) mass is 208 g/mol. The fraction of sp³-hybridized carbons (Fsp3) is 0.875. The second-order valence-corrected chi connectivity index (χ2v) is 6.53. The standard InChI is InChI=1S/C8H16O4S/c1-8(2,3)6(7(9)10)5-13(4,11)12/h6H,5H2,1-4H3,(H,9,10). The maximum Gasteiger partial charge on any atom is 0.308 e. The minimum Gasteiger partial charge on any atom is -0.481 e. The Morgan fingerprint density at radius 1 is 1.38 bits per heavy atom. The lowest BCUT2D eigenvalue weighted by molar-refractivity contribution is -0.144. The SMILES string of the molecule is CC(C)(C)C(CS(C)(=O)=O)C(=O)O. The molecule has 4 nitrogen and oxygen atoms in total. The number of hydrogen-bond acceptors (Lipinski definition) is 3. The number of sulfone groups is 1. The zero-order chi connectivity index (χ0) is 10.9. The van der Waals surface area contributed by atoms with Crippen molar-refractivity contribution in [3.63, 3.8) is 0 Å². The Morgan fingerprint density at radius 3 is 1.85 bits per heavy atom. The molecule has 0 saturated carbocycles. The molecule has 0 aliphatic carbocycles. The Labute approximate surface area is 78.9 Å². The van der Waals surface area contributed by atoms with Crippen molar-refractivity contribution in [2.24, 2.45) is 11.3 Å². The van der Waals surface area contributed by atoms with E-state index >= 15 is 0 Å². The Hall–Kier alpha value is -0.580. The lowest BCUT2D eigenvalue weighted by atomic mass is 9.82. The summed E-state index contributed by atoms with van der Waals surface area (Å²) in [5.74, 6) is -2.20. The number of carboxylic acids is 1. The van der Waals surface area contributed by atoms with E-state index in [0.717, 1.165) is 6.26 Å². The molecule has 0 spiro atoms. The van der Waals surface area contributed by atoms with Crippen molar-refractivity contribution in [1.29, 1.82) is 0 Å². The number of aliphatic carboxylic acids is 1. The highest BCUT2D eigenvalue weighted by atomic mass is 32.2. The summed E-state index contributed by atoms with van der Waals surface area (Å²) < 4.78 is 21.9. The van der Waals surface area contributed by atoms with Gasteiger partial charge in [-0.15, -0.1) is 0 Å². The molecule has 1 atom stereocenters. The van der Waals surface area contributed by atoms with Gasteiger partial charge in [-0.3, -0.25) is 4.79 Å². The van der Waals surface area contributed by atoms with E-state index in [1.54, 1.807) is 20.8 Å². The molecule has 0 aromatic heterocycles. The molecule has 0 radical (unpaired) electrons. The molecule has 0 aliphatic rings. The van der Waals surface area contributed by atoms with Crippen molar-refractivity contribution in [2.45, 2.75) is 20.8 Å². The lowest BCUT2D eigenvalue weighted by Crippen LogP contribution is -2.34. The largest absolute Gasteiger partial charge is 0.481 e. The highest BCUT2D eigenvalue weighted by Crippen LogP contribution is 2.27. The molecule has 5 heteroatoms. The van der Waals surface area contributed by atoms with E-state index in [9.17, 15) is 13.2 Å². The van der Waals surface area contributed by atoms with Crippen LogP contribution >= 0.6 is 0 Å². The van der Waals surface area contributed by atoms with Crippen LogP contribution in [0.4, 0.5) is 0 Å². The average molecular weight is 208 g/mol. The normalized spacial score (nSPS) is 15.4. The van der Waals surface area contributed by atoms with Crippen LogP contribution < -0.4 is 0 Å². The van der Waals surface area contributed by atoms with E-state index in [0.29, 0.717) is 0 Å². The summed E-state index contributed by atoms with van der Waals surface area (Å²) in [5.41, 5.74) is -0.533. The molecule has 0 bridgehead atoms. The fourth-order valence-electron chi connectivity index (χ4n) is 0.994. The van der Waals surface area contributed by atoms with Crippen molar-refractivity contribution in [2.75, 3.05) is 12.0 Å². The van der Waals surface area contributed by atoms with Crippen LogP contribution in [0.25, 0.3) is 0 Å². The van der Waals surface area contributed by atoms with Gasteiger partial charge in [0.15, 0.2) is 0 Å². The van der Waals surface area contributed by atoms with E-state index in [1.807, 2.05) is 0 Å². The highest BCUT2D eigenvalue weighted by Gasteiger charge is 2.33. The molecule has 0 saturated heterocycles. The molecule has 0 heterocycles. The number of carbonyl (C=O) groups is 1. The third kappa shape index (κ3) is 4.87. The molecule has 1 unspecified atom stereocenters. The molecule has 78 valence electrons. The topological polar surface area (TPSA) is 71.4 Å². The first kappa shape index (κ1) is 12.4. The highest BCUT2D eigenvalue weighted by molar-refractivity contribution is 7.90. The fourth-order valence-corrected chi connectivity index (χ4v) is 2.24. The van der Waals surface area contributed by atoms with Gasteiger partial charge in [-0.2, -0.15) is 0 Å². The predicted molar refractivity (Wildman–Crippen MR) is 50.3 cm³/mol. The molecule has 0 fully saturated rings. The smallest absolute Gasteiger partial charge is 0.308 e.